The molecule has 2 aliphatic heterocycles. The average molecular weight is 496 g/mol. The normalized spacial score (nSPS) is 17.5. The molecule has 3 heterocycles. The average Bonchev–Trinajstić information content (AvgIpc) is 3.41. The minimum atomic E-state index is -3.65. The second kappa shape index (κ2) is 8.92. The third-order valence-electron chi connectivity index (χ3n) is 6.26. The quantitative estimate of drug-likeness (QED) is 0.584. The highest BCUT2D eigenvalue weighted by Gasteiger charge is 2.34. The van der Waals surface area contributed by atoms with Gasteiger partial charge in [-0.15, -0.1) is 14.6 Å². The van der Waals surface area contributed by atoms with Gasteiger partial charge in [0.25, 0.3) is 10.0 Å². The van der Waals surface area contributed by atoms with E-state index in [0.29, 0.717) is 48.4 Å². The molecule has 0 spiro atoms. The van der Waals surface area contributed by atoms with E-state index in [9.17, 15) is 13.2 Å². The number of carbonyl (C=O) groups is 1. The number of hydrogen-bond donors (Lipinski definition) is 1. The highest BCUT2D eigenvalue weighted by atomic mass is 32.2. The highest BCUT2D eigenvalue weighted by Crippen LogP contribution is 2.31. The van der Waals surface area contributed by atoms with Crippen molar-refractivity contribution in [2.75, 3.05) is 18.4 Å². The summed E-state index contributed by atoms with van der Waals surface area (Å²) in [5, 5.41) is 12.5. The van der Waals surface area contributed by atoms with Crippen LogP contribution in [0.4, 0.5) is 5.13 Å². The van der Waals surface area contributed by atoms with Crippen LogP contribution in [-0.4, -0.2) is 48.3 Å². The Kier molecular flexibility index (Phi) is 5.95. The van der Waals surface area contributed by atoms with Crippen molar-refractivity contribution in [3.8, 4) is 10.6 Å². The van der Waals surface area contributed by atoms with Crippen LogP contribution in [0, 0.1) is 5.92 Å². The van der Waals surface area contributed by atoms with E-state index in [1.807, 2.05) is 23.1 Å². The molecule has 1 N–H and O–H groups in total. The number of likely N-dealkylation sites (tertiary alicyclic amines) is 1. The van der Waals surface area contributed by atoms with E-state index in [4.69, 9.17) is 0 Å². The molecule has 2 aliphatic rings. The fourth-order valence-corrected chi connectivity index (χ4v) is 6.26. The van der Waals surface area contributed by atoms with Crippen LogP contribution in [0.25, 0.3) is 10.6 Å². The van der Waals surface area contributed by atoms with Gasteiger partial charge in [0.05, 0.1) is 0 Å². The Morgan fingerprint density at radius 3 is 2.47 bits per heavy atom. The Morgan fingerprint density at radius 2 is 1.76 bits per heavy atom. The first kappa shape index (κ1) is 22.7. The van der Waals surface area contributed by atoms with Gasteiger partial charge in [0, 0.05) is 30.1 Å². The summed E-state index contributed by atoms with van der Waals surface area (Å²) < 4.78 is 28.7. The van der Waals surface area contributed by atoms with Gasteiger partial charge < -0.3 is 10.2 Å². The number of rotatable bonds is 4. The molecule has 0 atom stereocenters. The molecule has 3 aromatic rings. The molecule has 1 amide bonds. The molecule has 0 saturated carbocycles. The summed E-state index contributed by atoms with van der Waals surface area (Å²) in [4.78, 5) is 15.0. The van der Waals surface area contributed by atoms with Crippen LogP contribution in [0.1, 0.15) is 43.7 Å². The minimum Gasteiger partial charge on any atom is -0.355 e. The highest BCUT2D eigenvalue weighted by molar-refractivity contribution is 7.90. The van der Waals surface area contributed by atoms with Crippen LogP contribution < -0.4 is 5.32 Å². The number of carbonyl (C=O) groups excluding carboxylic acids is 1. The van der Waals surface area contributed by atoms with Crippen molar-refractivity contribution in [3.63, 3.8) is 0 Å². The lowest BCUT2D eigenvalue weighted by molar-refractivity contribution is -0.121. The van der Waals surface area contributed by atoms with Crippen LogP contribution in [0.3, 0.4) is 0 Å². The molecule has 8 nitrogen and oxygen atoms in total. The second-order valence-electron chi connectivity index (χ2n) is 8.83. The molecular formula is C24H25N5O3S2. The lowest BCUT2D eigenvalue weighted by atomic mass is 9.95. The van der Waals surface area contributed by atoms with Crippen LogP contribution in [0.2, 0.25) is 0 Å². The predicted molar refractivity (Wildman–Crippen MR) is 133 cm³/mol. The molecule has 0 unspecified atom stereocenters. The first-order chi connectivity index (χ1) is 16.3. The molecule has 1 fully saturated rings. The third kappa shape index (κ3) is 4.35. The predicted octanol–water partition coefficient (Wildman–Crippen LogP) is 4.13. The summed E-state index contributed by atoms with van der Waals surface area (Å²) in [7, 11) is -3.65. The summed E-state index contributed by atoms with van der Waals surface area (Å²) in [6.45, 7) is 5.43. The monoisotopic (exact) mass is 495 g/mol. The van der Waals surface area contributed by atoms with Crippen molar-refractivity contribution in [1.29, 1.82) is 0 Å². The lowest BCUT2D eigenvalue weighted by Gasteiger charge is -2.32. The number of piperidine rings is 1. The number of amides is 1. The number of amidine groups is 1. The number of nitrogens with one attached hydrogen (secondary N) is 1. The van der Waals surface area contributed by atoms with Gasteiger partial charge in [-0.25, -0.2) is 0 Å². The molecule has 34 heavy (non-hydrogen) atoms. The van der Waals surface area contributed by atoms with Gasteiger partial charge in [-0.2, -0.15) is 8.42 Å². The molecule has 2 aromatic carbocycles. The van der Waals surface area contributed by atoms with Gasteiger partial charge in [-0.05, 0) is 36.5 Å². The Morgan fingerprint density at radius 1 is 1.06 bits per heavy atom. The summed E-state index contributed by atoms with van der Waals surface area (Å²) in [6, 6.07) is 15.1. The molecule has 1 saturated heterocycles. The van der Waals surface area contributed by atoms with Crippen molar-refractivity contribution in [2.45, 2.75) is 37.5 Å². The van der Waals surface area contributed by atoms with E-state index in [-0.39, 0.29) is 16.7 Å². The van der Waals surface area contributed by atoms with Gasteiger partial charge in [0.15, 0.2) is 5.84 Å². The van der Waals surface area contributed by atoms with E-state index < -0.39 is 10.0 Å². The zero-order valence-corrected chi connectivity index (χ0v) is 20.6. The van der Waals surface area contributed by atoms with Crippen molar-refractivity contribution in [1.82, 2.24) is 15.1 Å². The second-order valence-corrected chi connectivity index (χ2v) is 11.4. The summed E-state index contributed by atoms with van der Waals surface area (Å²) in [6.07, 6.45) is 1.21. The zero-order chi connectivity index (χ0) is 23.9. The number of sulfonamides is 1. The van der Waals surface area contributed by atoms with E-state index in [0.717, 1.165) is 10.6 Å². The maximum Gasteiger partial charge on any atom is 0.285 e. The molecule has 0 bridgehead atoms. The lowest BCUT2D eigenvalue weighted by Crippen LogP contribution is -2.41. The maximum absolute atomic E-state index is 12.8. The Balaban J connectivity index is 1.20. The van der Waals surface area contributed by atoms with Gasteiger partial charge >= 0.3 is 0 Å². The first-order valence-corrected chi connectivity index (χ1v) is 13.5. The molecular weight excluding hydrogens is 470 g/mol. The van der Waals surface area contributed by atoms with E-state index in [2.05, 4.69) is 45.9 Å². The van der Waals surface area contributed by atoms with Gasteiger partial charge in [0.1, 0.15) is 9.90 Å². The van der Waals surface area contributed by atoms with Crippen LogP contribution in [0.5, 0.6) is 0 Å². The van der Waals surface area contributed by atoms with Gasteiger partial charge in [-0.1, -0.05) is 61.6 Å². The van der Waals surface area contributed by atoms with E-state index in [1.165, 1.54) is 16.9 Å². The van der Waals surface area contributed by atoms with Crippen LogP contribution in [-0.2, 0) is 14.8 Å². The number of nitrogens with zero attached hydrogens (tertiary/aromatic N) is 4. The number of hydrogen-bond acceptors (Lipinski definition) is 7. The van der Waals surface area contributed by atoms with Crippen molar-refractivity contribution in [3.05, 3.63) is 59.7 Å². The zero-order valence-electron chi connectivity index (χ0n) is 18.9. The maximum atomic E-state index is 12.8. The fourth-order valence-electron chi connectivity index (χ4n) is 4.28. The van der Waals surface area contributed by atoms with E-state index >= 15 is 0 Å². The first-order valence-electron chi connectivity index (χ1n) is 11.3. The topological polar surface area (TPSA) is 105 Å². The molecule has 5 rings (SSSR count). The van der Waals surface area contributed by atoms with Crippen molar-refractivity contribution < 1.29 is 13.2 Å². The van der Waals surface area contributed by atoms with Crippen molar-refractivity contribution >= 4 is 38.2 Å². The Labute approximate surface area is 202 Å². The van der Waals surface area contributed by atoms with Crippen molar-refractivity contribution in [2.24, 2.45) is 10.3 Å². The standard InChI is InChI=1S/C24H25N5O3S2/c1-15(2)16-7-9-18(10-8-16)23-26-27-24(33-23)25-22(30)17-11-13-29(14-12-17)21-19-5-3-4-6-20(19)34(31,32)28-21/h3-10,15,17H,11-14H2,1-2H3,(H,25,27,30). The molecule has 0 aliphatic carbocycles. The number of benzene rings is 2. The number of aromatic nitrogens is 2. The minimum absolute atomic E-state index is 0.0844. The van der Waals surface area contributed by atoms with E-state index in [1.54, 1.807) is 18.2 Å². The molecule has 1 aromatic heterocycles. The summed E-state index contributed by atoms with van der Waals surface area (Å²) in [5.74, 6) is 0.679. The number of anilines is 1. The summed E-state index contributed by atoms with van der Waals surface area (Å²) in [5.41, 5.74) is 2.87. The molecule has 176 valence electrons. The Hall–Kier alpha value is -3.11. The third-order valence-corrected chi connectivity index (χ3v) is 8.47. The number of fused-ring (bicyclic) bond motifs is 1. The van der Waals surface area contributed by atoms with Crippen LogP contribution in [0.15, 0.2) is 57.8 Å². The molecule has 0 radical (unpaired) electrons. The summed E-state index contributed by atoms with van der Waals surface area (Å²) >= 11 is 1.36. The Bertz CT molecular complexity index is 1360. The smallest absolute Gasteiger partial charge is 0.285 e. The van der Waals surface area contributed by atoms with Gasteiger partial charge in [-0.3, -0.25) is 4.79 Å². The SMILES string of the molecule is CC(C)c1ccc(-c2nnc(NC(=O)C3CCN(C4=NS(=O)(=O)c5ccccc54)CC3)s2)cc1. The largest absolute Gasteiger partial charge is 0.355 e. The van der Waals surface area contributed by atoms with Gasteiger partial charge in [0.2, 0.25) is 11.0 Å². The van der Waals surface area contributed by atoms with Crippen LogP contribution >= 0.6 is 11.3 Å². The fraction of sp³-hybridized carbons (Fsp3) is 0.333. The molecule has 10 heteroatoms.